The summed E-state index contributed by atoms with van der Waals surface area (Å²) in [5.41, 5.74) is 1.67. The molecule has 0 fully saturated rings. The van der Waals surface area contributed by atoms with E-state index in [1.165, 1.54) is 10.8 Å². The topological polar surface area (TPSA) is 20.3 Å². The van der Waals surface area contributed by atoms with Crippen LogP contribution in [0.4, 0.5) is 0 Å². The maximum Gasteiger partial charge on any atom is 0.253 e. The Morgan fingerprint density at radius 2 is 1.86 bits per heavy atom. The van der Waals surface area contributed by atoms with Crippen molar-refractivity contribution < 1.29 is 4.79 Å². The van der Waals surface area contributed by atoms with Gasteiger partial charge in [-0.25, -0.2) is 0 Å². The number of allylic oxidation sites excluding steroid dienone is 2. The van der Waals surface area contributed by atoms with Crippen molar-refractivity contribution in [2.45, 2.75) is 13.0 Å². The van der Waals surface area contributed by atoms with Crippen molar-refractivity contribution >= 4 is 16.7 Å². The van der Waals surface area contributed by atoms with Gasteiger partial charge in [-0.15, -0.1) is 0 Å². The maximum atomic E-state index is 12.4. The Balaban J connectivity index is 2.12. The minimum Gasteiger partial charge on any atom is -0.304 e. The normalized spacial score (nSPS) is 17.2. The molecule has 1 amide bonds. The van der Waals surface area contributed by atoms with Gasteiger partial charge in [-0.3, -0.25) is 4.79 Å². The number of rotatable bonds is 2. The van der Waals surface area contributed by atoms with Crippen LogP contribution in [-0.2, 0) is 4.79 Å². The predicted molar refractivity (Wildman–Crippen MR) is 86.6 cm³/mol. The second-order valence-corrected chi connectivity index (χ2v) is 5.23. The molecule has 0 aliphatic carbocycles. The van der Waals surface area contributed by atoms with Crippen molar-refractivity contribution in [2.75, 3.05) is 0 Å². The highest BCUT2D eigenvalue weighted by molar-refractivity contribution is 5.94. The van der Waals surface area contributed by atoms with E-state index in [-0.39, 0.29) is 11.9 Å². The van der Waals surface area contributed by atoms with Crippen molar-refractivity contribution in [3.8, 4) is 0 Å². The first-order valence-corrected chi connectivity index (χ1v) is 6.99. The Hall–Kier alpha value is -2.61. The van der Waals surface area contributed by atoms with Gasteiger partial charge >= 0.3 is 0 Å². The molecule has 1 unspecified atom stereocenters. The average Bonchev–Trinajstić information content (AvgIpc) is 2.53. The van der Waals surface area contributed by atoms with Crippen molar-refractivity contribution in [2.24, 2.45) is 0 Å². The van der Waals surface area contributed by atoms with E-state index in [0.717, 1.165) is 5.56 Å². The predicted octanol–water partition coefficient (Wildman–Crippen LogP) is 4.37. The summed E-state index contributed by atoms with van der Waals surface area (Å²) in [5.74, 6) is -0.0477. The largest absolute Gasteiger partial charge is 0.304 e. The zero-order valence-corrected chi connectivity index (χ0v) is 12.0. The van der Waals surface area contributed by atoms with Crippen LogP contribution in [0.3, 0.4) is 0 Å². The lowest BCUT2D eigenvalue weighted by atomic mass is 9.96. The van der Waals surface area contributed by atoms with Gasteiger partial charge in [0.15, 0.2) is 0 Å². The monoisotopic (exact) mass is 275 g/mol. The third kappa shape index (κ3) is 2.40. The Labute approximate surface area is 124 Å². The van der Waals surface area contributed by atoms with E-state index in [4.69, 9.17) is 0 Å². The van der Waals surface area contributed by atoms with Crippen LogP contribution in [0.5, 0.6) is 0 Å². The fourth-order valence-corrected chi connectivity index (χ4v) is 2.67. The fourth-order valence-electron chi connectivity index (χ4n) is 2.67. The molecule has 1 aliphatic rings. The number of carbonyl (C=O) groups is 1. The number of benzene rings is 2. The lowest BCUT2D eigenvalue weighted by Gasteiger charge is -2.30. The van der Waals surface area contributed by atoms with Crippen LogP contribution in [0.2, 0.25) is 0 Å². The highest BCUT2D eigenvalue weighted by Gasteiger charge is 2.24. The van der Waals surface area contributed by atoms with Gasteiger partial charge < -0.3 is 4.90 Å². The first-order valence-electron chi connectivity index (χ1n) is 6.99. The van der Waals surface area contributed by atoms with E-state index in [0.29, 0.717) is 5.57 Å². The van der Waals surface area contributed by atoms with Crippen LogP contribution in [0.25, 0.3) is 10.8 Å². The molecule has 1 atom stereocenters. The van der Waals surface area contributed by atoms with Crippen LogP contribution in [0.15, 0.2) is 79.0 Å². The van der Waals surface area contributed by atoms with Crippen molar-refractivity contribution in [1.82, 2.24) is 4.90 Å². The summed E-state index contributed by atoms with van der Waals surface area (Å²) in [6, 6.07) is 14.4. The van der Waals surface area contributed by atoms with Crippen molar-refractivity contribution in [1.29, 1.82) is 0 Å². The quantitative estimate of drug-likeness (QED) is 0.745. The zero-order valence-electron chi connectivity index (χ0n) is 12.0. The second-order valence-electron chi connectivity index (χ2n) is 5.23. The molecule has 2 aromatic carbocycles. The van der Waals surface area contributed by atoms with Crippen LogP contribution >= 0.6 is 0 Å². The van der Waals surface area contributed by atoms with Gasteiger partial charge in [-0.05, 0) is 29.3 Å². The molecule has 0 bridgehead atoms. The highest BCUT2D eigenvalue weighted by Crippen LogP contribution is 2.32. The SMILES string of the molecule is C=C(C)C(=O)N1C=CC=CC1c1cccc2ccccc12. The summed E-state index contributed by atoms with van der Waals surface area (Å²) in [6.07, 6.45) is 7.73. The molecule has 3 rings (SSSR count). The van der Waals surface area contributed by atoms with Crippen LogP contribution in [0, 0.1) is 0 Å². The second kappa shape index (κ2) is 5.41. The van der Waals surface area contributed by atoms with E-state index >= 15 is 0 Å². The molecule has 0 N–H and O–H groups in total. The molecular weight excluding hydrogens is 258 g/mol. The average molecular weight is 275 g/mol. The Morgan fingerprint density at radius 1 is 1.10 bits per heavy atom. The minimum absolute atomic E-state index is 0.0477. The van der Waals surface area contributed by atoms with E-state index in [1.807, 2.05) is 42.6 Å². The molecule has 2 aromatic rings. The van der Waals surface area contributed by atoms with Crippen LogP contribution in [0.1, 0.15) is 18.5 Å². The molecule has 0 radical (unpaired) electrons. The van der Waals surface area contributed by atoms with Gasteiger partial charge in [0, 0.05) is 11.8 Å². The number of carbonyl (C=O) groups excluding carboxylic acids is 1. The molecule has 2 nitrogen and oxygen atoms in total. The molecule has 104 valence electrons. The molecule has 0 saturated carbocycles. The van der Waals surface area contributed by atoms with Gasteiger partial charge in [0.05, 0.1) is 6.04 Å². The van der Waals surface area contributed by atoms with Gasteiger partial charge in [-0.2, -0.15) is 0 Å². The summed E-state index contributed by atoms with van der Waals surface area (Å²) in [4.78, 5) is 14.1. The first kappa shape index (κ1) is 13.4. The van der Waals surface area contributed by atoms with Gasteiger partial charge in [0.1, 0.15) is 0 Å². The number of hydrogen-bond donors (Lipinski definition) is 0. The van der Waals surface area contributed by atoms with Gasteiger partial charge in [0.25, 0.3) is 5.91 Å². The van der Waals surface area contributed by atoms with Crippen LogP contribution in [-0.4, -0.2) is 10.8 Å². The third-order valence-electron chi connectivity index (χ3n) is 3.69. The molecule has 1 heterocycles. The summed E-state index contributed by atoms with van der Waals surface area (Å²) >= 11 is 0. The van der Waals surface area contributed by atoms with E-state index in [9.17, 15) is 4.79 Å². The number of nitrogens with zero attached hydrogens (tertiary/aromatic N) is 1. The number of hydrogen-bond acceptors (Lipinski definition) is 1. The standard InChI is InChI=1S/C19H17NO/c1-14(2)19(21)20-13-6-5-12-18(20)17-11-7-9-15-8-3-4-10-16(15)17/h3-13,18H,1H2,2H3. The molecular formula is C19H17NO. The first-order chi connectivity index (χ1) is 10.2. The van der Waals surface area contributed by atoms with E-state index < -0.39 is 0 Å². The van der Waals surface area contributed by atoms with E-state index in [1.54, 1.807) is 11.8 Å². The smallest absolute Gasteiger partial charge is 0.253 e. The minimum atomic E-state index is -0.0923. The molecule has 2 heteroatoms. The number of fused-ring (bicyclic) bond motifs is 1. The highest BCUT2D eigenvalue weighted by atomic mass is 16.2. The van der Waals surface area contributed by atoms with Gasteiger partial charge in [0.2, 0.25) is 0 Å². The Kier molecular flexibility index (Phi) is 3.44. The molecule has 0 spiro atoms. The molecule has 0 aromatic heterocycles. The summed E-state index contributed by atoms with van der Waals surface area (Å²) in [5, 5.41) is 2.35. The lowest BCUT2D eigenvalue weighted by Crippen LogP contribution is -2.30. The van der Waals surface area contributed by atoms with Crippen LogP contribution < -0.4 is 0 Å². The van der Waals surface area contributed by atoms with Crippen molar-refractivity contribution in [3.05, 3.63) is 84.6 Å². The molecule has 21 heavy (non-hydrogen) atoms. The Morgan fingerprint density at radius 3 is 2.67 bits per heavy atom. The summed E-state index contributed by atoms with van der Waals surface area (Å²) < 4.78 is 0. The molecule has 1 aliphatic heterocycles. The Bertz CT molecular complexity index is 765. The summed E-state index contributed by atoms with van der Waals surface area (Å²) in [7, 11) is 0. The number of amides is 1. The van der Waals surface area contributed by atoms with Crippen molar-refractivity contribution in [3.63, 3.8) is 0 Å². The summed E-state index contributed by atoms with van der Waals surface area (Å²) in [6.45, 7) is 5.52. The third-order valence-corrected chi connectivity index (χ3v) is 3.69. The fraction of sp³-hybridized carbons (Fsp3) is 0.105. The maximum absolute atomic E-state index is 12.4. The van der Waals surface area contributed by atoms with E-state index in [2.05, 4.69) is 30.8 Å². The zero-order chi connectivity index (χ0) is 14.8. The molecule has 0 saturated heterocycles. The van der Waals surface area contributed by atoms with Gasteiger partial charge in [-0.1, -0.05) is 61.2 Å². The lowest BCUT2D eigenvalue weighted by molar-refractivity contribution is -0.125.